The molecule has 1 aromatic rings. The molecular weight excluding hydrogens is 316 g/mol. The summed E-state index contributed by atoms with van der Waals surface area (Å²) in [6, 6.07) is 10.6. The van der Waals surface area contributed by atoms with E-state index in [4.69, 9.17) is 9.47 Å². The van der Waals surface area contributed by atoms with Crippen molar-refractivity contribution in [3.8, 4) is 0 Å². The minimum Gasteiger partial charge on any atom is -0.376 e. The Morgan fingerprint density at radius 3 is 2.72 bits per heavy atom. The third kappa shape index (κ3) is 6.42. The average Bonchev–Trinajstić information content (AvgIpc) is 3.15. The molecule has 1 unspecified atom stereocenters. The van der Waals surface area contributed by atoms with Gasteiger partial charge in [0.05, 0.1) is 12.7 Å². The topological polar surface area (TPSA) is 50.8 Å². The highest BCUT2D eigenvalue weighted by Gasteiger charge is 2.20. The molecule has 1 atom stereocenters. The lowest BCUT2D eigenvalue weighted by molar-refractivity contribution is -0.127. The molecule has 0 bridgehead atoms. The smallest absolute Gasteiger partial charge is 0.246 e. The van der Waals surface area contributed by atoms with Crippen molar-refractivity contribution in [1.29, 1.82) is 0 Å². The number of nitrogens with one attached hydrogen (secondary N) is 1. The fourth-order valence-electron chi connectivity index (χ4n) is 3.56. The number of piperidine rings is 1. The van der Waals surface area contributed by atoms with Crippen molar-refractivity contribution in [3.63, 3.8) is 0 Å². The summed E-state index contributed by atoms with van der Waals surface area (Å²) in [7, 11) is 0. The standard InChI is InChI=1S/C20H30N2O3/c23-20(16-24-15-19-7-4-12-25-19)21-13-17-8-10-22(11-9-17)14-18-5-2-1-3-6-18/h1-3,5-6,17,19H,4,7-16H2,(H,21,23). The molecule has 138 valence electrons. The number of amides is 1. The highest BCUT2D eigenvalue weighted by atomic mass is 16.5. The largest absolute Gasteiger partial charge is 0.376 e. The summed E-state index contributed by atoms with van der Waals surface area (Å²) in [4.78, 5) is 14.4. The Hall–Kier alpha value is -1.43. The number of carbonyl (C=O) groups is 1. The van der Waals surface area contributed by atoms with E-state index in [2.05, 4.69) is 40.5 Å². The zero-order chi connectivity index (χ0) is 17.3. The van der Waals surface area contributed by atoms with Gasteiger partial charge in [0.25, 0.3) is 0 Å². The van der Waals surface area contributed by atoms with E-state index in [0.717, 1.165) is 58.5 Å². The number of hydrogen-bond acceptors (Lipinski definition) is 4. The molecule has 1 N–H and O–H groups in total. The summed E-state index contributed by atoms with van der Waals surface area (Å²) in [5.74, 6) is 0.568. The third-order valence-electron chi connectivity index (χ3n) is 5.10. The van der Waals surface area contributed by atoms with Crippen LogP contribution >= 0.6 is 0 Å². The molecule has 0 aromatic heterocycles. The molecule has 1 amide bonds. The Morgan fingerprint density at radius 1 is 1.20 bits per heavy atom. The number of benzene rings is 1. The Kier molecular flexibility index (Phi) is 7.27. The zero-order valence-corrected chi connectivity index (χ0v) is 15.0. The van der Waals surface area contributed by atoms with Gasteiger partial charge in [0, 0.05) is 19.7 Å². The van der Waals surface area contributed by atoms with Gasteiger partial charge >= 0.3 is 0 Å². The molecule has 2 fully saturated rings. The number of nitrogens with zero attached hydrogens (tertiary/aromatic N) is 1. The van der Waals surface area contributed by atoms with Gasteiger partial charge in [0.15, 0.2) is 0 Å². The molecule has 2 aliphatic rings. The fraction of sp³-hybridized carbons (Fsp3) is 0.650. The highest BCUT2D eigenvalue weighted by molar-refractivity contribution is 5.77. The maximum Gasteiger partial charge on any atom is 0.246 e. The van der Waals surface area contributed by atoms with E-state index in [9.17, 15) is 4.79 Å². The van der Waals surface area contributed by atoms with E-state index >= 15 is 0 Å². The Labute approximate surface area is 150 Å². The molecule has 0 saturated carbocycles. The molecule has 5 nitrogen and oxygen atoms in total. The molecule has 1 aromatic carbocycles. The van der Waals surface area contributed by atoms with E-state index in [-0.39, 0.29) is 18.6 Å². The number of ether oxygens (including phenoxy) is 2. The van der Waals surface area contributed by atoms with E-state index in [1.54, 1.807) is 0 Å². The van der Waals surface area contributed by atoms with E-state index in [1.807, 2.05) is 0 Å². The molecule has 2 saturated heterocycles. The first-order chi connectivity index (χ1) is 12.3. The normalized spacial score (nSPS) is 22.2. The lowest BCUT2D eigenvalue weighted by atomic mass is 9.96. The van der Waals surface area contributed by atoms with Crippen molar-refractivity contribution in [2.75, 3.05) is 39.5 Å². The second-order valence-corrected chi connectivity index (χ2v) is 7.16. The van der Waals surface area contributed by atoms with Crippen LogP contribution in [0.1, 0.15) is 31.2 Å². The van der Waals surface area contributed by atoms with Gasteiger partial charge in [-0.05, 0) is 50.3 Å². The molecule has 0 radical (unpaired) electrons. The molecule has 2 heterocycles. The van der Waals surface area contributed by atoms with Crippen LogP contribution in [0.4, 0.5) is 0 Å². The van der Waals surface area contributed by atoms with Gasteiger partial charge in [-0.3, -0.25) is 9.69 Å². The molecule has 0 aliphatic carbocycles. The first-order valence-electron chi connectivity index (χ1n) is 9.52. The Bertz CT molecular complexity index is 509. The van der Waals surface area contributed by atoms with Gasteiger partial charge in [0.1, 0.15) is 6.61 Å². The van der Waals surface area contributed by atoms with Crippen molar-refractivity contribution >= 4 is 5.91 Å². The summed E-state index contributed by atoms with van der Waals surface area (Å²) in [5, 5.41) is 3.02. The monoisotopic (exact) mass is 346 g/mol. The lowest BCUT2D eigenvalue weighted by Gasteiger charge is -2.32. The van der Waals surface area contributed by atoms with Crippen LogP contribution in [-0.2, 0) is 20.8 Å². The first-order valence-corrected chi connectivity index (χ1v) is 9.52. The van der Waals surface area contributed by atoms with Gasteiger partial charge in [-0.15, -0.1) is 0 Å². The zero-order valence-electron chi connectivity index (χ0n) is 15.0. The quantitative estimate of drug-likeness (QED) is 0.784. The third-order valence-corrected chi connectivity index (χ3v) is 5.10. The Morgan fingerprint density at radius 2 is 2.00 bits per heavy atom. The van der Waals surface area contributed by atoms with Crippen molar-refractivity contribution in [1.82, 2.24) is 10.2 Å². The molecule has 2 aliphatic heterocycles. The van der Waals surface area contributed by atoms with Gasteiger partial charge < -0.3 is 14.8 Å². The van der Waals surface area contributed by atoms with Crippen LogP contribution in [0.15, 0.2) is 30.3 Å². The van der Waals surface area contributed by atoms with E-state index < -0.39 is 0 Å². The molecule has 25 heavy (non-hydrogen) atoms. The summed E-state index contributed by atoms with van der Waals surface area (Å²) in [6.45, 7) is 5.50. The summed E-state index contributed by atoms with van der Waals surface area (Å²) >= 11 is 0. The average molecular weight is 346 g/mol. The van der Waals surface area contributed by atoms with Crippen molar-refractivity contribution in [2.45, 2.75) is 38.3 Å². The molecule has 0 spiro atoms. The van der Waals surface area contributed by atoms with Gasteiger partial charge in [-0.25, -0.2) is 0 Å². The second kappa shape index (κ2) is 9.90. The second-order valence-electron chi connectivity index (χ2n) is 7.16. The fourth-order valence-corrected chi connectivity index (χ4v) is 3.56. The number of likely N-dealkylation sites (tertiary alicyclic amines) is 1. The van der Waals surface area contributed by atoms with E-state index in [1.165, 1.54) is 5.56 Å². The van der Waals surface area contributed by atoms with Crippen LogP contribution in [0, 0.1) is 5.92 Å². The minimum atomic E-state index is -0.00953. The van der Waals surface area contributed by atoms with Crippen molar-refractivity contribution in [3.05, 3.63) is 35.9 Å². The van der Waals surface area contributed by atoms with Gasteiger partial charge in [-0.2, -0.15) is 0 Å². The van der Waals surface area contributed by atoms with Gasteiger partial charge in [-0.1, -0.05) is 30.3 Å². The van der Waals surface area contributed by atoms with Crippen molar-refractivity contribution in [2.24, 2.45) is 5.92 Å². The highest BCUT2D eigenvalue weighted by Crippen LogP contribution is 2.18. The number of carbonyl (C=O) groups excluding carboxylic acids is 1. The maximum atomic E-state index is 11.9. The predicted octanol–water partition coefficient (Wildman–Crippen LogP) is 2.21. The first kappa shape index (κ1) is 18.4. The lowest BCUT2D eigenvalue weighted by Crippen LogP contribution is -2.39. The molecule has 3 rings (SSSR count). The number of hydrogen-bond donors (Lipinski definition) is 1. The van der Waals surface area contributed by atoms with Crippen LogP contribution in [0.5, 0.6) is 0 Å². The SMILES string of the molecule is O=C(COCC1CCCO1)NCC1CCN(Cc2ccccc2)CC1. The summed E-state index contributed by atoms with van der Waals surface area (Å²) < 4.78 is 10.9. The van der Waals surface area contributed by atoms with Crippen LogP contribution in [0.25, 0.3) is 0 Å². The van der Waals surface area contributed by atoms with Crippen LogP contribution < -0.4 is 5.32 Å². The number of rotatable bonds is 8. The van der Waals surface area contributed by atoms with Crippen LogP contribution in [-0.4, -0.2) is 56.4 Å². The van der Waals surface area contributed by atoms with Crippen molar-refractivity contribution < 1.29 is 14.3 Å². The Balaban J connectivity index is 1.25. The minimum absolute atomic E-state index is 0.00953. The molecular formula is C20H30N2O3. The van der Waals surface area contributed by atoms with E-state index in [0.29, 0.717) is 12.5 Å². The predicted molar refractivity (Wildman–Crippen MR) is 97.2 cm³/mol. The van der Waals surface area contributed by atoms with Gasteiger partial charge in [0.2, 0.25) is 5.91 Å². The summed E-state index contributed by atoms with van der Waals surface area (Å²) in [6.07, 6.45) is 4.61. The molecule has 5 heteroatoms. The van der Waals surface area contributed by atoms with Crippen LogP contribution in [0.3, 0.4) is 0 Å². The maximum absolute atomic E-state index is 11.9. The van der Waals surface area contributed by atoms with Crippen LogP contribution in [0.2, 0.25) is 0 Å². The summed E-state index contributed by atoms with van der Waals surface area (Å²) in [5.41, 5.74) is 1.37.